The molecule has 32 heavy (non-hydrogen) atoms. The van der Waals surface area contributed by atoms with Crippen LogP contribution < -0.4 is 4.72 Å². The Kier molecular flexibility index (Phi) is 5.28. The quantitative estimate of drug-likeness (QED) is 0.322. The van der Waals surface area contributed by atoms with Crippen LogP contribution in [0.5, 0.6) is 0 Å². The van der Waals surface area contributed by atoms with Crippen LogP contribution in [0.3, 0.4) is 0 Å². The molecular formula is C19H13N5O6S2. The summed E-state index contributed by atoms with van der Waals surface area (Å²) in [5.41, 5.74) is -0.0385. The minimum absolute atomic E-state index is 0.167. The maximum atomic E-state index is 12.9. The van der Waals surface area contributed by atoms with Crippen molar-refractivity contribution in [2.24, 2.45) is 0 Å². The van der Waals surface area contributed by atoms with Crippen LogP contribution in [-0.2, 0) is 10.0 Å². The van der Waals surface area contributed by atoms with E-state index < -0.39 is 36.1 Å². The minimum atomic E-state index is -4.35. The molecule has 2 aromatic carbocycles. The normalized spacial score (nSPS) is 11.4. The molecule has 0 atom stereocenters. The summed E-state index contributed by atoms with van der Waals surface area (Å²) in [7, 11) is -4.35. The highest BCUT2D eigenvalue weighted by Gasteiger charge is 2.28. The van der Waals surface area contributed by atoms with E-state index in [2.05, 4.69) is 14.7 Å². The molecule has 4 aromatic rings. The third-order valence-electron chi connectivity index (χ3n) is 4.56. The Morgan fingerprint density at radius 3 is 2.31 bits per heavy atom. The first-order valence-electron chi connectivity index (χ1n) is 8.94. The zero-order valence-electron chi connectivity index (χ0n) is 16.3. The fourth-order valence-electron chi connectivity index (χ4n) is 3.02. The van der Waals surface area contributed by atoms with Crippen LogP contribution in [0.15, 0.2) is 59.6 Å². The molecule has 13 heteroatoms. The molecule has 2 aromatic heterocycles. The van der Waals surface area contributed by atoms with Crippen LogP contribution in [0, 0.1) is 27.2 Å². The van der Waals surface area contributed by atoms with E-state index in [4.69, 9.17) is 0 Å². The number of sulfonamides is 1. The Labute approximate surface area is 184 Å². The fraction of sp³-hybridized carbons (Fsp3) is 0.0526. The first kappa shape index (κ1) is 21.3. The summed E-state index contributed by atoms with van der Waals surface area (Å²) in [4.78, 5) is 29.7. The first-order chi connectivity index (χ1) is 15.2. The van der Waals surface area contributed by atoms with Crippen LogP contribution >= 0.6 is 11.3 Å². The number of nitrogens with zero attached hydrogens (tertiary/aromatic N) is 4. The van der Waals surface area contributed by atoms with Crippen molar-refractivity contribution in [3.63, 3.8) is 0 Å². The molecule has 2 heterocycles. The van der Waals surface area contributed by atoms with Gasteiger partial charge in [-0.25, -0.2) is 18.4 Å². The molecule has 1 N–H and O–H groups in total. The number of pyridine rings is 1. The Morgan fingerprint density at radius 1 is 1.00 bits per heavy atom. The summed E-state index contributed by atoms with van der Waals surface area (Å²) in [5.74, 6) is 0. The van der Waals surface area contributed by atoms with Crippen molar-refractivity contribution >= 4 is 48.8 Å². The van der Waals surface area contributed by atoms with E-state index >= 15 is 0 Å². The molecule has 0 radical (unpaired) electrons. The molecule has 0 aliphatic carbocycles. The van der Waals surface area contributed by atoms with Gasteiger partial charge < -0.3 is 0 Å². The van der Waals surface area contributed by atoms with E-state index in [1.807, 2.05) is 6.07 Å². The molecule has 0 unspecified atom stereocenters. The number of aromatic nitrogens is 2. The van der Waals surface area contributed by atoms with Crippen LogP contribution in [0.25, 0.3) is 20.9 Å². The van der Waals surface area contributed by atoms with Crippen LogP contribution in [-0.4, -0.2) is 28.2 Å². The fourth-order valence-corrected chi connectivity index (χ4v) is 5.01. The zero-order valence-corrected chi connectivity index (χ0v) is 17.9. The predicted octanol–water partition coefficient (Wildman–Crippen LogP) is 4.28. The second-order valence-corrected chi connectivity index (χ2v) is 9.29. The van der Waals surface area contributed by atoms with Gasteiger partial charge in [0.1, 0.15) is 25.8 Å². The third-order valence-corrected chi connectivity index (χ3v) is 6.95. The summed E-state index contributed by atoms with van der Waals surface area (Å²) in [6, 6.07) is 11.6. The summed E-state index contributed by atoms with van der Waals surface area (Å²) in [6.07, 6.45) is 1.65. The van der Waals surface area contributed by atoms with Crippen molar-refractivity contribution in [2.45, 2.75) is 11.8 Å². The third kappa shape index (κ3) is 3.98. The van der Waals surface area contributed by atoms with Crippen LogP contribution in [0.4, 0.5) is 17.1 Å². The standard InChI is InChI=1S/C19H13N5O6S2/c1-11-16(23(25)26)9-14(10-17(11)24(27)28)32(29,30)22-13-5-2-4-12(8-13)18-21-15-6-3-7-20-19(15)31-18/h2-10,22H,1H3. The molecule has 4 rings (SSSR count). The number of nitro groups is 2. The van der Waals surface area contributed by atoms with Crippen molar-refractivity contribution in [1.82, 2.24) is 9.97 Å². The average Bonchev–Trinajstić information content (AvgIpc) is 3.17. The van der Waals surface area contributed by atoms with Crippen molar-refractivity contribution in [1.29, 1.82) is 0 Å². The zero-order chi connectivity index (χ0) is 23.0. The first-order valence-corrected chi connectivity index (χ1v) is 11.2. The Bertz CT molecular complexity index is 1430. The molecular weight excluding hydrogens is 458 g/mol. The highest BCUT2D eigenvalue weighted by Crippen LogP contribution is 2.33. The minimum Gasteiger partial charge on any atom is -0.280 e. The maximum Gasteiger partial charge on any atom is 0.280 e. The van der Waals surface area contributed by atoms with E-state index in [-0.39, 0.29) is 11.3 Å². The Balaban J connectivity index is 1.72. The lowest BCUT2D eigenvalue weighted by molar-refractivity contribution is -0.395. The van der Waals surface area contributed by atoms with Gasteiger partial charge in [0, 0.05) is 29.6 Å². The van der Waals surface area contributed by atoms with Gasteiger partial charge in [-0.05, 0) is 31.2 Å². The molecule has 0 amide bonds. The Hall–Kier alpha value is -3.97. The molecule has 11 nitrogen and oxygen atoms in total. The van der Waals surface area contributed by atoms with Gasteiger partial charge in [-0.1, -0.05) is 23.5 Å². The van der Waals surface area contributed by atoms with Gasteiger partial charge in [-0.3, -0.25) is 25.0 Å². The lowest BCUT2D eigenvalue weighted by Gasteiger charge is -2.10. The van der Waals surface area contributed by atoms with Gasteiger partial charge in [-0.2, -0.15) is 0 Å². The molecule has 0 fully saturated rings. The average molecular weight is 471 g/mol. The Morgan fingerprint density at radius 2 is 1.69 bits per heavy atom. The van der Waals surface area contributed by atoms with Crippen molar-refractivity contribution < 1.29 is 18.3 Å². The summed E-state index contributed by atoms with van der Waals surface area (Å²) < 4.78 is 28.1. The van der Waals surface area contributed by atoms with Crippen LogP contribution in [0.2, 0.25) is 0 Å². The molecule has 162 valence electrons. The topological polar surface area (TPSA) is 158 Å². The molecule has 0 spiro atoms. The number of benzene rings is 2. The largest absolute Gasteiger partial charge is 0.280 e. The van der Waals surface area contributed by atoms with E-state index in [1.165, 1.54) is 24.3 Å². The SMILES string of the molecule is Cc1c([N+](=O)[O-])cc(S(=O)(=O)Nc2cccc(-c3nc4cccnc4s3)c2)cc1[N+](=O)[O-]. The number of hydrogen-bond donors (Lipinski definition) is 1. The number of anilines is 1. The molecule has 0 aliphatic heterocycles. The molecule has 0 saturated carbocycles. The second kappa shape index (κ2) is 7.94. The van der Waals surface area contributed by atoms with Crippen molar-refractivity contribution in [2.75, 3.05) is 4.72 Å². The number of hydrogen-bond acceptors (Lipinski definition) is 9. The predicted molar refractivity (Wildman–Crippen MR) is 118 cm³/mol. The molecule has 0 aliphatic rings. The monoisotopic (exact) mass is 471 g/mol. The maximum absolute atomic E-state index is 12.9. The van der Waals surface area contributed by atoms with Crippen LogP contribution in [0.1, 0.15) is 5.56 Å². The number of nitro benzene ring substituents is 2. The smallest absolute Gasteiger partial charge is 0.280 e. The number of nitrogens with one attached hydrogen (secondary N) is 1. The highest BCUT2D eigenvalue weighted by molar-refractivity contribution is 7.92. The van der Waals surface area contributed by atoms with Gasteiger partial charge in [0.25, 0.3) is 21.4 Å². The van der Waals surface area contributed by atoms with E-state index in [0.29, 0.717) is 16.1 Å². The van der Waals surface area contributed by atoms with Crippen molar-refractivity contribution in [3.05, 3.63) is 80.5 Å². The van der Waals surface area contributed by atoms with E-state index in [9.17, 15) is 28.6 Å². The van der Waals surface area contributed by atoms with E-state index in [1.54, 1.807) is 30.5 Å². The van der Waals surface area contributed by atoms with Crippen molar-refractivity contribution in [3.8, 4) is 10.6 Å². The number of fused-ring (bicyclic) bond motifs is 1. The van der Waals surface area contributed by atoms with Gasteiger partial charge in [0.05, 0.1) is 9.85 Å². The summed E-state index contributed by atoms with van der Waals surface area (Å²) >= 11 is 1.34. The van der Waals surface area contributed by atoms with Gasteiger partial charge in [-0.15, -0.1) is 0 Å². The highest BCUT2D eigenvalue weighted by atomic mass is 32.2. The number of rotatable bonds is 6. The lowest BCUT2D eigenvalue weighted by Crippen LogP contribution is -2.14. The molecule has 0 bridgehead atoms. The van der Waals surface area contributed by atoms with E-state index in [0.717, 1.165) is 17.0 Å². The second-order valence-electron chi connectivity index (χ2n) is 6.63. The molecule has 0 saturated heterocycles. The summed E-state index contributed by atoms with van der Waals surface area (Å²) in [5, 5.41) is 23.2. The number of thiazole rings is 1. The van der Waals surface area contributed by atoms with Gasteiger partial charge >= 0.3 is 0 Å². The van der Waals surface area contributed by atoms with Gasteiger partial charge in [0.2, 0.25) is 0 Å². The summed E-state index contributed by atoms with van der Waals surface area (Å²) in [6.45, 7) is 1.19. The lowest BCUT2D eigenvalue weighted by atomic mass is 10.1. The van der Waals surface area contributed by atoms with Gasteiger partial charge in [0.15, 0.2) is 0 Å².